The number of hydrogen-bond donors (Lipinski definition) is 4. The third-order valence-electron chi connectivity index (χ3n) is 7.13. The van der Waals surface area contributed by atoms with Gasteiger partial charge < -0.3 is 40.4 Å². The fourth-order valence-electron chi connectivity index (χ4n) is 4.99. The Morgan fingerprint density at radius 2 is 1.74 bits per heavy atom. The van der Waals surface area contributed by atoms with Gasteiger partial charge in [0.2, 0.25) is 11.4 Å². The fourth-order valence-corrected chi connectivity index (χ4v) is 4.99. The molecule has 1 aromatic heterocycles. The summed E-state index contributed by atoms with van der Waals surface area (Å²) < 4.78 is 73.5. The Morgan fingerprint density at radius 3 is 2.28 bits per heavy atom. The molecule has 0 saturated heterocycles. The standard InChI is InChI=1S/C29H32F4N4O6/c1-27(34)15-37(2)24-19(27)13-22(36-23(24)16-5-7-18(30)8-6-16)28(40,29(31,32)33)14-35-26(39)17-11-20(41-3)25(43-10-9-38)21(12-17)42-4/h5-8,11-13,38,40H,9-10,14-15,34H2,1-4H3,(H,35,39). The molecule has 0 bridgehead atoms. The van der Waals surface area contributed by atoms with Gasteiger partial charge in [-0.2, -0.15) is 13.2 Å². The van der Waals surface area contributed by atoms with Gasteiger partial charge >= 0.3 is 6.18 Å². The van der Waals surface area contributed by atoms with Crippen LogP contribution in [0.5, 0.6) is 17.2 Å². The molecule has 2 heterocycles. The smallest absolute Gasteiger partial charge is 0.424 e. The number of hydrogen-bond acceptors (Lipinski definition) is 9. The van der Waals surface area contributed by atoms with E-state index in [1.165, 1.54) is 38.5 Å². The van der Waals surface area contributed by atoms with E-state index in [4.69, 9.17) is 25.1 Å². The van der Waals surface area contributed by atoms with E-state index in [0.717, 1.165) is 18.2 Å². The molecule has 0 aliphatic carbocycles. The molecule has 0 radical (unpaired) electrons. The van der Waals surface area contributed by atoms with Crippen LogP contribution < -0.4 is 30.2 Å². The second-order valence-electron chi connectivity index (χ2n) is 10.4. The number of amides is 1. The normalized spacial score (nSPS) is 17.7. The van der Waals surface area contributed by atoms with E-state index >= 15 is 0 Å². The maximum atomic E-state index is 14.7. The molecule has 4 rings (SSSR count). The molecule has 3 aromatic rings. The lowest BCUT2D eigenvalue weighted by Gasteiger charge is -2.32. The summed E-state index contributed by atoms with van der Waals surface area (Å²) in [5.74, 6) is -1.41. The predicted molar refractivity (Wildman–Crippen MR) is 149 cm³/mol. The highest BCUT2D eigenvalue weighted by Crippen LogP contribution is 2.47. The summed E-state index contributed by atoms with van der Waals surface area (Å²) in [5.41, 5.74) is 1.85. The number of fused-ring (bicyclic) bond motifs is 1. The number of rotatable bonds is 10. The number of pyridine rings is 1. The third-order valence-corrected chi connectivity index (χ3v) is 7.13. The fraction of sp³-hybridized carbons (Fsp3) is 0.379. The summed E-state index contributed by atoms with van der Waals surface area (Å²) in [6, 6.07) is 8.54. The zero-order valence-electron chi connectivity index (χ0n) is 23.9. The van der Waals surface area contributed by atoms with Gasteiger partial charge in [0, 0.05) is 30.3 Å². The maximum Gasteiger partial charge on any atom is 0.424 e. The van der Waals surface area contributed by atoms with E-state index in [2.05, 4.69) is 10.3 Å². The molecule has 1 aliphatic rings. The lowest BCUT2D eigenvalue weighted by atomic mass is 9.89. The molecule has 2 atom stereocenters. The van der Waals surface area contributed by atoms with Crippen molar-refractivity contribution in [1.82, 2.24) is 10.3 Å². The Morgan fingerprint density at radius 1 is 1.14 bits per heavy atom. The van der Waals surface area contributed by atoms with Gasteiger partial charge in [-0.3, -0.25) is 4.79 Å². The van der Waals surface area contributed by atoms with Crippen LogP contribution in [0.25, 0.3) is 11.3 Å². The molecular formula is C29H32F4N4O6. The monoisotopic (exact) mass is 608 g/mol. The Labute approximate surface area is 245 Å². The minimum absolute atomic E-state index is 0.0274. The summed E-state index contributed by atoms with van der Waals surface area (Å²) in [5, 5.41) is 22.4. The topological polar surface area (TPSA) is 139 Å². The van der Waals surface area contributed by atoms with Gasteiger partial charge in [0.15, 0.2) is 11.5 Å². The molecule has 2 aromatic carbocycles. The first-order valence-electron chi connectivity index (χ1n) is 13.1. The maximum absolute atomic E-state index is 14.7. The van der Waals surface area contributed by atoms with Gasteiger partial charge in [-0.05, 0) is 49.4 Å². The Hall–Kier alpha value is -4.14. The largest absolute Gasteiger partial charge is 0.493 e. The number of nitrogens with zero attached hydrogens (tertiary/aromatic N) is 2. The highest BCUT2D eigenvalue weighted by Gasteiger charge is 2.57. The number of aromatic nitrogens is 1. The first-order valence-corrected chi connectivity index (χ1v) is 13.1. The predicted octanol–water partition coefficient (Wildman–Crippen LogP) is 3.08. The minimum Gasteiger partial charge on any atom is -0.493 e. The molecule has 232 valence electrons. The molecular weight excluding hydrogens is 576 g/mol. The second kappa shape index (κ2) is 11.9. The van der Waals surface area contributed by atoms with E-state index < -0.39 is 41.3 Å². The molecule has 1 aliphatic heterocycles. The van der Waals surface area contributed by atoms with Gasteiger partial charge in [0.1, 0.15) is 12.4 Å². The number of nitrogens with two attached hydrogens (primary N) is 1. The van der Waals surface area contributed by atoms with Crippen LogP contribution in [0.3, 0.4) is 0 Å². The third kappa shape index (κ3) is 6.03. The number of carbonyl (C=O) groups excluding carboxylic acids is 1. The van der Waals surface area contributed by atoms with Crippen LogP contribution in [0.4, 0.5) is 23.2 Å². The van der Waals surface area contributed by atoms with Crippen molar-refractivity contribution in [3.8, 4) is 28.5 Å². The molecule has 1 amide bonds. The van der Waals surface area contributed by atoms with Crippen molar-refractivity contribution in [3.63, 3.8) is 0 Å². The number of carbonyl (C=O) groups is 1. The summed E-state index contributed by atoms with van der Waals surface area (Å²) in [7, 11) is 4.27. The first kappa shape index (κ1) is 31.8. The number of likely N-dealkylation sites (N-methyl/N-ethyl adjacent to an activating group) is 1. The minimum atomic E-state index is -5.30. The van der Waals surface area contributed by atoms with Crippen LogP contribution in [0.1, 0.15) is 28.5 Å². The van der Waals surface area contributed by atoms with E-state index in [9.17, 15) is 27.5 Å². The van der Waals surface area contributed by atoms with Gasteiger partial charge in [-0.25, -0.2) is 9.37 Å². The van der Waals surface area contributed by atoms with E-state index in [1.54, 1.807) is 18.9 Å². The number of benzene rings is 2. The summed E-state index contributed by atoms with van der Waals surface area (Å²) in [6.07, 6.45) is -5.30. The summed E-state index contributed by atoms with van der Waals surface area (Å²) in [4.78, 5) is 19.1. The van der Waals surface area contributed by atoms with Gasteiger partial charge in [-0.15, -0.1) is 0 Å². The quantitative estimate of drug-likeness (QED) is 0.256. The second-order valence-corrected chi connectivity index (χ2v) is 10.4. The highest BCUT2D eigenvalue weighted by atomic mass is 19.4. The SMILES string of the molecule is COc1cc(C(=O)NCC(O)(c2cc3c(c(-c4ccc(F)cc4)n2)N(C)CC3(C)N)C(F)(F)F)cc(OC)c1OCCO. The molecule has 2 unspecified atom stereocenters. The van der Waals surface area contributed by atoms with Crippen molar-refractivity contribution >= 4 is 11.6 Å². The van der Waals surface area contributed by atoms with Crippen molar-refractivity contribution in [1.29, 1.82) is 0 Å². The molecule has 0 fully saturated rings. The highest BCUT2D eigenvalue weighted by molar-refractivity contribution is 5.95. The number of alkyl halides is 3. The molecule has 14 heteroatoms. The van der Waals surface area contributed by atoms with Crippen LogP contribution in [-0.2, 0) is 11.1 Å². The Balaban J connectivity index is 1.77. The number of aliphatic hydroxyl groups is 2. The number of halogens is 4. The molecule has 0 saturated carbocycles. The summed E-state index contributed by atoms with van der Waals surface area (Å²) in [6.45, 7) is 0.141. The van der Waals surface area contributed by atoms with Crippen LogP contribution >= 0.6 is 0 Å². The van der Waals surface area contributed by atoms with E-state index in [1.807, 2.05) is 0 Å². The van der Waals surface area contributed by atoms with E-state index in [-0.39, 0.29) is 48.3 Å². The van der Waals surface area contributed by atoms with Crippen LogP contribution in [0.15, 0.2) is 42.5 Å². The van der Waals surface area contributed by atoms with Crippen LogP contribution in [0, 0.1) is 5.82 Å². The lowest BCUT2D eigenvalue weighted by molar-refractivity contribution is -0.265. The number of ether oxygens (including phenoxy) is 3. The van der Waals surface area contributed by atoms with Crippen molar-refractivity contribution < 1.29 is 46.8 Å². The van der Waals surface area contributed by atoms with Crippen molar-refractivity contribution in [2.75, 3.05) is 52.5 Å². The van der Waals surface area contributed by atoms with E-state index in [0.29, 0.717) is 16.8 Å². The van der Waals surface area contributed by atoms with Crippen LogP contribution in [-0.4, -0.2) is 74.9 Å². The molecule has 0 spiro atoms. The van der Waals surface area contributed by atoms with Gasteiger partial charge in [0.05, 0.1) is 50.0 Å². The van der Waals surface area contributed by atoms with Gasteiger partial charge in [0.25, 0.3) is 5.91 Å². The molecule has 10 nitrogen and oxygen atoms in total. The number of methoxy groups -OCH3 is 2. The summed E-state index contributed by atoms with van der Waals surface area (Å²) >= 11 is 0. The van der Waals surface area contributed by atoms with Gasteiger partial charge in [-0.1, -0.05) is 0 Å². The zero-order valence-corrected chi connectivity index (χ0v) is 23.9. The Bertz CT molecular complexity index is 1470. The Kier molecular flexibility index (Phi) is 8.77. The first-order chi connectivity index (χ1) is 20.2. The van der Waals surface area contributed by atoms with Crippen LogP contribution in [0.2, 0.25) is 0 Å². The number of nitrogens with one attached hydrogen (secondary N) is 1. The van der Waals surface area contributed by atoms with Crippen molar-refractivity contribution in [3.05, 3.63) is 65.1 Å². The number of anilines is 1. The molecule has 43 heavy (non-hydrogen) atoms. The van der Waals surface area contributed by atoms with Crippen molar-refractivity contribution in [2.45, 2.75) is 24.2 Å². The average Bonchev–Trinajstić information content (AvgIpc) is 3.20. The van der Waals surface area contributed by atoms with Crippen molar-refractivity contribution in [2.24, 2.45) is 5.73 Å². The zero-order chi connectivity index (χ0) is 31.7. The average molecular weight is 609 g/mol. The lowest BCUT2D eigenvalue weighted by Crippen LogP contribution is -2.51. The number of aliphatic hydroxyl groups excluding tert-OH is 1. The molecule has 5 N–H and O–H groups in total.